The standard InChI is InChI=1S/C33H42N2O3/c1-10-25(37)35-33-15-13-28(2,3)18-20(33)26-22(36)17-24-30(6)19-21(34-9)27(38)29(4,5)23(30)11-12-31(24,7)32(26,8)14-16-33/h10,17,19,23H,1,11-16,18H2,2-8H3,(H,35,37)/t23-,30-,31+,32+,33-/m0/s1. The molecule has 5 nitrogen and oxygen atoms in total. The van der Waals surface area contributed by atoms with E-state index in [2.05, 4.69) is 51.4 Å². The SMILES string of the molecule is [C-]#[N+]C1=C[C@]2(C)C3=CC(=O)[C]4[C]5CC(C)(C)CC[C@]5(NC(=O)C=C)CC[C@@]4(C)[C@]3(C)CC[C@H]2C(C)(C)C1=O. The molecular weight excluding hydrogens is 472 g/mol. The first-order valence-corrected chi connectivity index (χ1v) is 14.1. The van der Waals surface area contributed by atoms with E-state index in [1.165, 1.54) is 6.08 Å². The first-order valence-electron chi connectivity index (χ1n) is 14.1. The first-order chi connectivity index (χ1) is 17.5. The number of hydrogen-bond acceptors (Lipinski definition) is 3. The lowest BCUT2D eigenvalue weighted by atomic mass is 9.35. The maximum atomic E-state index is 14.4. The molecule has 2 radical (unpaired) electrons. The summed E-state index contributed by atoms with van der Waals surface area (Å²) in [6, 6.07) is 0. The highest BCUT2D eigenvalue weighted by molar-refractivity contribution is 6.08. The van der Waals surface area contributed by atoms with Crippen molar-refractivity contribution in [2.24, 2.45) is 33.0 Å². The second-order valence-electron chi connectivity index (χ2n) is 14.6. The summed E-state index contributed by atoms with van der Waals surface area (Å²) in [5.74, 6) is 1.81. The van der Waals surface area contributed by atoms with Crippen molar-refractivity contribution in [3.05, 3.63) is 59.3 Å². The maximum Gasteiger partial charge on any atom is 0.243 e. The van der Waals surface area contributed by atoms with Crippen LogP contribution in [0.2, 0.25) is 0 Å². The van der Waals surface area contributed by atoms with Crippen LogP contribution in [0.5, 0.6) is 0 Å². The second kappa shape index (κ2) is 8.03. The quantitative estimate of drug-likeness (QED) is 0.336. The molecule has 0 aromatic rings. The Balaban J connectivity index is 1.68. The third-order valence-corrected chi connectivity index (χ3v) is 11.7. The predicted molar refractivity (Wildman–Crippen MR) is 148 cm³/mol. The molecule has 5 aliphatic carbocycles. The van der Waals surface area contributed by atoms with Gasteiger partial charge >= 0.3 is 0 Å². The van der Waals surface area contributed by atoms with Crippen LogP contribution < -0.4 is 5.32 Å². The fourth-order valence-electron chi connectivity index (χ4n) is 9.37. The van der Waals surface area contributed by atoms with E-state index in [9.17, 15) is 14.4 Å². The fraction of sp³-hybridized carbons (Fsp3) is 0.636. The van der Waals surface area contributed by atoms with Gasteiger partial charge in [0.25, 0.3) is 0 Å². The number of carbonyl (C=O) groups excluding carboxylic acids is 3. The maximum absolute atomic E-state index is 14.4. The Hall–Kier alpha value is -2.48. The van der Waals surface area contributed by atoms with E-state index >= 15 is 0 Å². The Bertz CT molecular complexity index is 1250. The summed E-state index contributed by atoms with van der Waals surface area (Å²) in [4.78, 5) is 43.9. The summed E-state index contributed by atoms with van der Waals surface area (Å²) in [7, 11) is 0. The van der Waals surface area contributed by atoms with Crippen LogP contribution in [0.15, 0.2) is 36.1 Å². The van der Waals surface area contributed by atoms with Gasteiger partial charge in [-0.2, -0.15) is 0 Å². The number of nitrogens with one attached hydrogen (secondary N) is 1. The highest BCUT2D eigenvalue weighted by Gasteiger charge is 2.70. The van der Waals surface area contributed by atoms with Crippen molar-refractivity contribution >= 4 is 17.5 Å². The number of allylic oxidation sites excluding steroid dienone is 4. The van der Waals surface area contributed by atoms with Crippen LogP contribution in [0.3, 0.4) is 0 Å². The van der Waals surface area contributed by atoms with E-state index in [1.807, 2.05) is 26.0 Å². The zero-order chi connectivity index (χ0) is 28.1. The topological polar surface area (TPSA) is 67.6 Å². The molecule has 0 heterocycles. The van der Waals surface area contributed by atoms with Gasteiger partial charge in [-0.25, -0.2) is 4.85 Å². The van der Waals surface area contributed by atoms with E-state index in [0.29, 0.717) is 0 Å². The van der Waals surface area contributed by atoms with E-state index in [4.69, 9.17) is 6.57 Å². The van der Waals surface area contributed by atoms with Gasteiger partial charge in [0.1, 0.15) is 0 Å². The van der Waals surface area contributed by atoms with Crippen LogP contribution >= 0.6 is 0 Å². The van der Waals surface area contributed by atoms with E-state index in [-0.39, 0.29) is 39.9 Å². The average molecular weight is 515 g/mol. The van der Waals surface area contributed by atoms with Gasteiger partial charge in [-0.3, -0.25) is 9.59 Å². The molecule has 1 N–H and O–H groups in total. The molecule has 1 amide bonds. The Morgan fingerprint density at radius 3 is 2.32 bits per heavy atom. The zero-order valence-electron chi connectivity index (χ0n) is 24.1. The summed E-state index contributed by atoms with van der Waals surface area (Å²) in [6.07, 6.45) is 11.0. The minimum atomic E-state index is -0.668. The van der Waals surface area contributed by atoms with Crippen molar-refractivity contribution in [2.45, 2.75) is 99.0 Å². The van der Waals surface area contributed by atoms with Gasteiger partial charge in [0, 0.05) is 22.3 Å². The Morgan fingerprint density at radius 2 is 1.68 bits per heavy atom. The molecule has 5 rings (SSSR count). The summed E-state index contributed by atoms with van der Waals surface area (Å²) in [6.45, 7) is 26.6. The van der Waals surface area contributed by atoms with Gasteiger partial charge in [-0.1, -0.05) is 66.7 Å². The monoisotopic (exact) mass is 514 g/mol. The van der Waals surface area contributed by atoms with Gasteiger partial charge < -0.3 is 10.1 Å². The van der Waals surface area contributed by atoms with Crippen molar-refractivity contribution in [2.75, 3.05) is 0 Å². The normalized spacial score (nSPS) is 41.8. The molecule has 0 bridgehead atoms. The largest absolute Gasteiger partial charge is 0.347 e. The lowest BCUT2D eigenvalue weighted by Crippen LogP contribution is -2.68. The highest BCUT2D eigenvalue weighted by Crippen LogP contribution is 2.74. The van der Waals surface area contributed by atoms with Crippen LogP contribution in [-0.4, -0.2) is 23.0 Å². The molecule has 0 saturated heterocycles. The Labute approximate surface area is 228 Å². The number of ketones is 2. The fourth-order valence-corrected chi connectivity index (χ4v) is 9.37. The summed E-state index contributed by atoms with van der Waals surface area (Å²) < 4.78 is 0. The van der Waals surface area contributed by atoms with Crippen LogP contribution in [-0.2, 0) is 14.4 Å². The molecule has 3 fully saturated rings. The highest BCUT2D eigenvalue weighted by atomic mass is 16.2. The summed E-state index contributed by atoms with van der Waals surface area (Å²) >= 11 is 0. The molecular formula is C33H42N2O3. The molecule has 202 valence electrons. The molecule has 5 heteroatoms. The molecule has 0 spiro atoms. The molecule has 5 atom stereocenters. The van der Waals surface area contributed by atoms with E-state index in [1.54, 1.807) is 0 Å². The lowest BCUT2D eigenvalue weighted by Gasteiger charge is -2.68. The molecule has 3 saturated carbocycles. The number of rotatable bonds is 2. The smallest absolute Gasteiger partial charge is 0.243 e. The molecule has 0 unspecified atom stereocenters. The molecule has 0 aromatic carbocycles. The number of nitrogens with zero attached hydrogens (tertiary/aromatic N) is 1. The predicted octanol–water partition coefficient (Wildman–Crippen LogP) is 6.53. The third-order valence-electron chi connectivity index (χ3n) is 11.7. The number of hydrogen-bond donors (Lipinski definition) is 1. The van der Waals surface area contributed by atoms with Crippen molar-refractivity contribution in [1.29, 1.82) is 0 Å². The van der Waals surface area contributed by atoms with Gasteiger partial charge in [0.05, 0.1) is 12.5 Å². The molecule has 0 aromatic heterocycles. The third kappa shape index (κ3) is 3.31. The van der Waals surface area contributed by atoms with Crippen molar-refractivity contribution in [3.8, 4) is 0 Å². The van der Waals surface area contributed by atoms with Gasteiger partial charge in [-0.05, 0) is 79.3 Å². The summed E-state index contributed by atoms with van der Waals surface area (Å²) in [5.41, 5.74) is -1.10. The van der Waals surface area contributed by atoms with E-state index in [0.717, 1.165) is 62.4 Å². The van der Waals surface area contributed by atoms with Crippen molar-refractivity contribution in [3.63, 3.8) is 0 Å². The Kier molecular flexibility index (Phi) is 5.72. The average Bonchev–Trinajstić information content (AvgIpc) is 2.83. The van der Waals surface area contributed by atoms with Crippen molar-refractivity contribution in [1.82, 2.24) is 5.32 Å². The molecule has 38 heavy (non-hydrogen) atoms. The van der Waals surface area contributed by atoms with E-state index < -0.39 is 21.8 Å². The zero-order valence-corrected chi connectivity index (χ0v) is 24.1. The van der Waals surface area contributed by atoms with Gasteiger partial charge in [0.2, 0.25) is 11.6 Å². The second-order valence-corrected chi connectivity index (χ2v) is 14.6. The minimum Gasteiger partial charge on any atom is -0.347 e. The number of Topliss-reactive ketones (excluding diaryl/α,β-unsaturated/α-hetero) is 1. The Morgan fingerprint density at radius 1 is 1.03 bits per heavy atom. The van der Waals surface area contributed by atoms with Gasteiger partial charge in [0.15, 0.2) is 11.6 Å². The first kappa shape index (κ1) is 27.1. The van der Waals surface area contributed by atoms with Crippen LogP contribution in [0.25, 0.3) is 4.85 Å². The lowest BCUT2D eigenvalue weighted by molar-refractivity contribution is -0.134. The van der Waals surface area contributed by atoms with Gasteiger partial charge in [-0.15, -0.1) is 0 Å². The number of amides is 1. The number of carbonyl (C=O) groups is 3. The number of fused-ring (bicyclic) bond motifs is 7. The summed E-state index contributed by atoms with van der Waals surface area (Å²) in [5, 5.41) is 3.29. The van der Waals surface area contributed by atoms with Crippen LogP contribution in [0, 0.1) is 51.4 Å². The van der Waals surface area contributed by atoms with Crippen LogP contribution in [0.4, 0.5) is 0 Å². The van der Waals surface area contributed by atoms with Crippen molar-refractivity contribution < 1.29 is 14.4 Å². The molecule has 5 aliphatic rings. The van der Waals surface area contributed by atoms with Crippen LogP contribution in [0.1, 0.15) is 93.4 Å². The minimum absolute atomic E-state index is 0.0288. The molecule has 0 aliphatic heterocycles.